The molecular formula is C12H14ClNO3S. The molecule has 0 radical (unpaired) electrons. The molecule has 2 rings (SSSR count). The van der Waals surface area contributed by atoms with E-state index in [1.54, 1.807) is 13.0 Å². The summed E-state index contributed by atoms with van der Waals surface area (Å²) in [6.07, 6.45) is 1.90. The summed E-state index contributed by atoms with van der Waals surface area (Å²) >= 11 is 0. The molecule has 1 aliphatic rings. The smallest absolute Gasteiger partial charge is 0.261 e. The number of nitrogens with one attached hydrogen (secondary N) is 1. The number of rotatable bonds is 3. The van der Waals surface area contributed by atoms with E-state index in [1.165, 1.54) is 12.1 Å². The highest BCUT2D eigenvalue weighted by Gasteiger charge is 2.39. The molecule has 1 amide bonds. The third-order valence-electron chi connectivity index (χ3n) is 3.15. The van der Waals surface area contributed by atoms with E-state index in [0.717, 1.165) is 18.4 Å². The number of carbonyl (C=O) groups is 1. The maximum Gasteiger partial charge on any atom is 0.261 e. The monoisotopic (exact) mass is 287 g/mol. The molecule has 18 heavy (non-hydrogen) atoms. The second-order valence-corrected chi connectivity index (χ2v) is 7.50. The summed E-state index contributed by atoms with van der Waals surface area (Å²) in [5.41, 5.74) is 0.935. The topological polar surface area (TPSA) is 63.2 Å². The molecule has 0 atom stereocenters. The summed E-state index contributed by atoms with van der Waals surface area (Å²) in [5.74, 6) is -0.255. The van der Waals surface area contributed by atoms with Gasteiger partial charge < -0.3 is 5.32 Å². The second kappa shape index (κ2) is 4.24. The number of hydrogen-bond acceptors (Lipinski definition) is 3. The first-order valence-corrected chi connectivity index (χ1v) is 7.90. The lowest BCUT2D eigenvalue weighted by Crippen LogP contribution is -2.34. The van der Waals surface area contributed by atoms with Gasteiger partial charge >= 0.3 is 0 Å². The summed E-state index contributed by atoms with van der Waals surface area (Å²) in [5, 5.41) is 2.89. The zero-order valence-electron chi connectivity index (χ0n) is 10.2. The Morgan fingerprint density at radius 2 is 2.00 bits per heavy atom. The van der Waals surface area contributed by atoms with Crippen LogP contribution in [0.5, 0.6) is 0 Å². The number of aryl methyl sites for hydroxylation is 1. The molecule has 1 aromatic rings. The van der Waals surface area contributed by atoms with Crippen molar-refractivity contribution in [1.82, 2.24) is 5.32 Å². The summed E-state index contributed by atoms with van der Waals surface area (Å²) in [4.78, 5) is 12.0. The molecule has 0 saturated heterocycles. The van der Waals surface area contributed by atoms with Gasteiger partial charge in [0.15, 0.2) is 0 Å². The van der Waals surface area contributed by atoms with Gasteiger partial charge in [0.1, 0.15) is 0 Å². The van der Waals surface area contributed by atoms with Gasteiger partial charge in [-0.25, -0.2) is 8.42 Å². The Morgan fingerprint density at radius 3 is 2.50 bits per heavy atom. The van der Waals surface area contributed by atoms with Crippen LogP contribution < -0.4 is 5.32 Å². The first-order chi connectivity index (χ1) is 8.21. The van der Waals surface area contributed by atoms with Crippen molar-refractivity contribution >= 4 is 25.6 Å². The molecule has 0 aliphatic heterocycles. The first kappa shape index (κ1) is 13.4. The van der Waals surface area contributed by atoms with Crippen LogP contribution in [0.25, 0.3) is 0 Å². The van der Waals surface area contributed by atoms with Crippen molar-refractivity contribution in [2.45, 2.75) is 37.1 Å². The van der Waals surface area contributed by atoms with E-state index in [2.05, 4.69) is 5.32 Å². The molecule has 0 heterocycles. The quantitative estimate of drug-likeness (QED) is 0.867. The number of amides is 1. The molecule has 1 aromatic carbocycles. The van der Waals surface area contributed by atoms with Crippen molar-refractivity contribution in [2.75, 3.05) is 0 Å². The van der Waals surface area contributed by atoms with E-state index < -0.39 is 9.05 Å². The summed E-state index contributed by atoms with van der Waals surface area (Å²) < 4.78 is 22.5. The van der Waals surface area contributed by atoms with Gasteiger partial charge in [-0.2, -0.15) is 0 Å². The molecule has 0 spiro atoms. The van der Waals surface area contributed by atoms with E-state index in [1.807, 2.05) is 6.92 Å². The minimum absolute atomic E-state index is 0.0548. The predicted molar refractivity (Wildman–Crippen MR) is 69.3 cm³/mol. The zero-order valence-corrected chi connectivity index (χ0v) is 11.7. The van der Waals surface area contributed by atoms with Crippen LogP contribution in [0.3, 0.4) is 0 Å². The van der Waals surface area contributed by atoms with Crippen LogP contribution >= 0.6 is 10.7 Å². The molecule has 1 aliphatic carbocycles. The Balaban J connectivity index is 2.34. The summed E-state index contributed by atoms with van der Waals surface area (Å²) in [6, 6.07) is 4.30. The standard InChI is InChI=1S/C12H14ClNO3S/c1-8-3-4-9(18(13,16)17)7-10(8)11(15)14-12(2)5-6-12/h3-4,7H,5-6H2,1-2H3,(H,14,15). The highest BCUT2D eigenvalue weighted by Crippen LogP contribution is 2.34. The van der Waals surface area contributed by atoms with Gasteiger partial charge in [0.25, 0.3) is 15.0 Å². The maximum absolute atomic E-state index is 12.1. The third kappa shape index (κ3) is 2.84. The van der Waals surface area contributed by atoms with E-state index in [0.29, 0.717) is 5.56 Å². The van der Waals surface area contributed by atoms with Crippen molar-refractivity contribution in [2.24, 2.45) is 0 Å². The summed E-state index contributed by atoms with van der Waals surface area (Å²) in [6.45, 7) is 3.72. The van der Waals surface area contributed by atoms with Crippen molar-refractivity contribution in [3.05, 3.63) is 29.3 Å². The van der Waals surface area contributed by atoms with Gasteiger partial charge in [-0.05, 0) is 44.4 Å². The zero-order chi connectivity index (χ0) is 13.6. The van der Waals surface area contributed by atoms with E-state index >= 15 is 0 Å². The molecule has 6 heteroatoms. The molecule has 0 bridgehead atoms. The van der Waals surface area contributed by atoms with Gasteiger partial charge in [-0.1, -0.05) is 6.07 Å². The second-order valence-electron chi connectivity index (χ2n) is 4.93. The first-order valence-electron chi connectivity index (χ1n) is 5.59. The minimum atomic E-state index is -3.81. The Hall–Kier alpha value is -1.07. The van der Waals surface area contributed by atoms with Gasteiger partial charge in [-0.15, -0.1) is 0 Å². The molecule has 1 fully saturated rings. The SMILES string of the molecule is Cc1ccc(S(=O)(=O)Cl)cc1C(=O)NC1(C)CC1. The third-order valence-corrected chi connectivity index (χ3v) is 4.50. The van der Waals surface area contributed by atoms with Crippen molar-refractivity contribution in [3.8, 4) is 0 Å². The summed E-state index contributed by atoms with van der Waals surface area (Å²) in [7, 11) is 1.46. The Bertz CT molecular complexity index is 606. The lowest BCUT2D eigenvalue weighted by molar-refractivity contribution is 0.0934. The normalized spacial score (nSPS) is 17.3. The fraction of sp³-hybridized carbons (Fsp3) is 0.417. The van der Waals surface area contributed by atoms with Crippen LogP contribution in [-0.4, -0.2) is 19.9 Å². The van der Waals surface area contributed by atoms with Crippen LogP contribution in [0.15, 0.2) is 23.1 Å². The minimum Gasteiger partial charge on any atom is -0.347 e. The molecule has 1 saturated carbocycles. The molecule has 0 unspecified atom stereocenters. The van der Waals surface area contributed by atoms with Crippen LogP contribution in [0, 0.1) is 6.92 Å². The van der Waals surface area contributed by atoms with Crippen LogP contribution in [0.2, 0.25) is 0 Å². The van der Waals surface area contributed by atoms with Crippen molar-refractivity contribution < 1.29 is 13.2 Å². The Morgan fingerprint density at radius 1 is 1.39 bits per heavy atom. The largest absolute Gasteiger partial charge is 0.347 e. The van der Waals surface area contributed by atoms with Gasteiger partial charge in [0, 0.05) is 21.8 Å². The molecular weight excluding hydrogens is 274 g/mol. The fourth-order valence-electron chi connectivity index (χ4n) is 1.65. The van der Waals surface area contributed by atoms with Crippen molar-refractivity contribution in [1.29, 1.82) is 0 Å². The lowest BCUT2D eigenvalue weighted by atomic mass is 10.1. The van der Waals surface area contributed by atoms with Crippen molar-refractivity contribution in [3.63, 3.8) is 0 Å². The number of halogens is 1. The van der Waals surface area contributed by atoms with E-state index in [-0.39, 0.29) is 16.3 Å². The predicted octanol–water partition coefficient (Wildman–Crippen LogP) is 2.20. The molecule has 98 valence electrons. The van der Waals surface area contributed by atoms with E-state index in [4.69, 9.17) is 10.7 Å². The van der Waals surface area contributed by atoms with Gasteiger partial charge in [0.2, 0.25) is 0 Å². The number of hydrogen-bond donors (Lipinski definition) is 1. The van der Waals surface area contributed by atoms with E-state index in [9.17, 15) is 13.2 Å². The van der Waals surface area contributed by atoms with Crippen LogP contribution in [0.4, 0.5) is 0 Å². The average Bonchev–Trinajstić information content (AvgIpc) is 2.94. The average molecular weight is 288 g/mol. The maximum atomic E-state index is 12.1. The fourth-order valence-corrected chi connectivity index (χ4v) is 2.43. The number of benzene rings is 1. The van der Waals surface area contributed by atoms with Crippen LogP contribution in [-0.2, 0) is 9.05 Å². The Kier molecular flexibility index (Phi) is 3.15. The highest BCUT2D eigenvalue weighted by atomic mass is 35.7. The molecule has 1 N–H and O–H groups in total. The molecule has 4 nitrogen and oxygen atoms in total. The number of carbonyl (C=O) groups excluding carboxylic acids is 1. The molecule has 0 aromatic heterocycles. The van der Waals surface area contributed by atoms with Crippen LogP contribution in [0.1, 0.15) is 35.7 Å². The van der Waals surface area contributed by atoms with Gasteiger partial charge in [0.05, 0.1) is 4.90 Å². The van der Waals surface area contributed by atoms with Gasteiger partial charge in [-0.3, -0.25) is 4.79 Å². The highest BCUT2D eigenvalue weighted by molar-refractivity contribution is 8.13. The lowest BCUT2D eigenvalue weighted by Gasteiger charge is -2.13. The Labute approximate surface area is 111 Å².